The van der Waals surface area contributed by atoms with Crippen molar-refractivity contribution in [1.29, 1.82) is 0 Å². The predicted molar refractivity (Wildman–Crippen MR) is 89.4 cm³/mol. The van der Waals surface area contributed by atoms with Crippen molar-refractivity contribution < 1.29 is 14.6 Å². The van der Waals surface area contributed by atoms with Crippen LogP contribution >= 0.6 is 0 Å². The van der Waals surface area contributed by atoms with Crippen LogP contribution in [-0.4, -0.2) is 60.8 Å². The smallest absolute Gasteiger partial charge is 0.318 e. The quantitative estimate of drug-likeness (QED) is 0.861. The number of carbonyl (C=O) groups excluding carboxylic acids is 1. The molecule has 0 fully saturated rings. The second-order valence-corrected chi connectivity index (χ2v) is 6.19. The number of aliphatic hydroxyl groups is 1. The van der Waals surface area contributed by atoms with Gasteiger partial charge in [-0.3, -0.25) is 0 Å². The van der Waals surface area contributed by atoms with Crippen LogP contribution in [0.4, 0.5) is 4.79 Å². The van der Waals surface area contributed by atoms with Gasteiger partial charge in [0, 0.05) is 18.2 Å². The van der Waals surface area contributed by atoms with Crippen molar-refractivity contribution in [2.75, 3.05) is 33.8 Å². The minimum atomic E-state index is -0.0652. The Morgan fingerprint density at radius 2 is 2.26 bits per heavy atom. The third-order valence-corrected chi connectivity index (χ3v) is 3.98. The van der Waals surface area contributed by atoms with Crippen LogP contribution < -0.4 is 10.1 Å². The van der Waals surface area contributed by atoms with Crippen molar-refractivity contribution in [3.63, 3.8) is 0 Å². The van der Waals surface area contributed by atoms with Gasteiger partial charge in [0.05, 0.1) is 19.7 Å². The Labute approximate surface area is 138 Å². The zero-order chi connectivity index (χ0) is 16.8. The molecule has 2 amide bonds. The minimum absolute atomic E-state index is 0.0137. The molecular formula is C17H27N3O3. The van der Waals surface area contributed by atoms with Gasteiger partial charge in [0.2, 0.25) is 0 Å². The summed E-state index contributed by atoms with van der Waals surface area (Å²) in [4.78, 5) is 16.4. The Morgan fingerprint density at radius 3 is 2.91 bits per heavy atom. The summed E-state index contributed by atoms with van der Waals surface area (Å²) >= 11 is 0. The second-order valence-electron chi connectivity index (χ2n) is 6.19. The van der Waals surface area contributed by atoms with Gasteiger partial charge in [-0.25, -0.2) is 4.79 Å². The van der Waals surface area contributed by atoms with E-state index in [1.165, 1.54) is 0 Å². The predicted octanol–water partition coefficient (Wildman–Crippen LogP) is 1.42. The van der Waals surface area contributed by atoms with Crippen LogP contribution in [0.25, 0.3) is 0 Å². The number of carbonyl (C=O) groups is 1. The highest BCUT2D eigenvalue weighted by Crippen LogP contribution is 2.24. The molecule has 2 N–H and O–H groups in total. The van der Waals surface area contributed by atoms with Gasteiger partial charge in [-0.05, 0) is 38.2 Å². The maximum Gasteiger partial charge on any atom is 0.318 e. The molecule has 1 heterocycles. The van der Waals surface area contributed by atoms with E-state index in [1.807, 2.05) is 32.3 Å². The Morgan fingerprint density at radius 1 is 1.48 bits per heavy atom. The van der Waals surface area contributed by atoms with Gasteiger partial charge >= 0.3 is 6.03 Å². The summed E-state index contributed by atoms with van der Waals surface area (Å²) < 4.78 is 5.71. The molecule has 1 aromatic rings. The summed E-state index contributed by atoms with van der Waals surface area (Å²) in [6.07, 6.45) is 0.888. The zero-order valence-electron chi connectivity index (χ0n) is 14.2. The summed E-state index contributed by atoms with van der Waals surface area (Å²) in [5.74, 6) is 0.790. The number of benzene rings is 1. The van der Waals surface area contributed by atoms with E-state index in [-0.39, 0.29) is 18.7 Å². The van der Waals surface area contributed by atoms with Crippen LogP contribution in [0.5, 0.6) is 5.75 Å². The van der Waals surface area contributed by atoms with Crippen LogP contribution in [0.1, 0.15) is 24.5 Å². The fourth-order valence-corrected chi connectivity index (χ4v) is 2.70. The number of urea groups is 1. The molecule has 23 heavy (non-hydrogen) atoms. The largest absolute Gasteiger partial charge is 0.491 e. The van der Waals surface area contributed by atoms with E-state index in [2.05, 4.69) is 17.1 Å². The number of ether oxygens (including phenoxy) is 1. The van der Waals surface area contributed by atoms with Crippen LogP contribution in [0.3, 0.4) is 0 Å². The third-order valence-electron chi connectivity index (χ3n) is 3.98. The third kappa shape index (κ3) is 4.84. The molecular weight excluding hydrogens is 294 g/mol. The molecule has 0 aliphatic carbocycles. The molecule has 128 valence electrons. The van der Waals surface area contributed by atoms with E-state index in [1.54, 1.807) is 4.90 Å². The van der Waals surface area contributed by atoms with Crippen molar-refractivity contribution in [1.82, 2.24) is 15.1 Å². The number of hydrogen-bond acceptors (Lipinski definition) is 4. The average molecular weight is 321 g/mol. The van der Waals surface area contributed by atoms with E-state index in [9.17, 15) is 9.90 Å². The summed E-state index contributed by atoms with van der Waals surface area (Å²) in [6.45, 7) is 4.39. The second kappa shape index (κ2) is 8.17. The first kappa shape index (κ1) is 17.6. The molecule has 0 spiro atoms. The molecule has 1 aromatic carbocycles. The summed E-state index contributed by atoms with van der Waals surface area (Å²) in [6, 6.07) is 5.68. The Kier molecular flexibility index (Phi) is 6.24. The highest BCUT2D eigenvalue weighted by molar-refractivity contribution is 5.74. The van der Waals surface area contributed by atoms with Crippen molar-refractivity contribution in [3.05, 3.63) is 29.3 Å². The van der Waals surface area contributed by atoms with Gasteiger partial charge in [0.15, 0.2) is 0 Å². The van der Waals surface area contributed by atoms with Crippen molar-refractivity contribution in [2.45, 2.75) is 32.5 Å². The normalized spacial score (nSPS) is 15.6. The van der Waals surface area contributed by atoms with E-state index < -0.39 is 0 Å². The number of fused-ring (bicyclic) bond motifs is 1. The van der Waals surface area contributed by atoms with Gasteiger partial charge in [-0.15, -0.1) is 0 Å². The Balaban J connectivity index is 2.06. The number of nitrogens with one attached hydrogen (secondary N) is 1. The number of aliphatic hydroxyl groups excluding tert-OH is 1. The average Bonchev–Trinajstić information content (AvgIpc) is 2.75. The highest BCUT2D eigenvalue weighted by Gasteiger charge is 2.22. The zero-order valence-corrected chi connectivity index (χ0v) is 14.2. The summed E-state index contributed by atoms with van der Waals surface area (Å²) in [5.41, 5.74) is 1.76. The molecule has 0 aromatic heterocycles. The highest BCUT2D eigenvalue weighted by atomic mass is 16.5. The standard InChI is InChI=1S/C17H27N3O3/c1-4-15(11-19(2)3)18-17(22)20-7-8-23-16-6-5-13(12-21)9-14(16)10-20/h5-6,9,15,21H,4,7-8,10-12H2,1-3H3,(H,18,22)/t15-/m0/s1. The molecule has 0 saturated carbocycles. The topological polar surface area (TPSA) is 65.0 Å². The fourth-order valence-electron chi connectivity index (χ4n) is 2.70. The summed E-state index contributed by atoms with van der Waals surface area (Å²) in [5, 5.41) is 12.4. The molecule has 6 nitrogen and oxygen atoms in total. The molecule has 0 unspecified atom stereocenters. The van der Waals surface area contributed by atoms with Crippen LogP contribution in [-0.2, 0) is 13.2 Å². The van der Waals surface area contributed by atoms with E-state index >= 15 is 0 Å². The molecule has 0 bridgehead atoms. The van der Waals surface area contributed by atoms with Gasteiger partial charge in [0.25, 0.3) is 0 Å². The lowest BCUT2D eigenvalue weighted by atomic mass is 10.1. The molecule has 1 aliphatic rings. The van der Waals surface area contributed by atoms with Gasteiger partial charge < -0.3 is 25.0 Å². The molecule has 2 rings (SSSR count). The van der Waals surface area contributed by atoms with E-state index in [0.29, 0.717) is 19.7 Å². The van der Waals surface area contributed by atoms with Crippen molar-refractivity contribution in [2.24, 2.45) is 0 Å². The van der Waals surface area contributed by atoms with Gasteiger partial charge in [-0.2, -0.15) is 0 Å². The molecule has 6 heteroatoms. The molecule has 0 saturated heterocycles. The number of amides is 2. The van der Waals surface area contributed by atoms with Crippen molar-refractivity contribution in [3.8, 4) is 5.75 Å². The lowest BCUT2D eigenvalue weighted by Gasteiger charge is -2.26. The number of hydrogen-bond donors (Lipinski definition) is 2. The molecule has 1 aliphatic heterocycles. The first-order valence-corrected chi connectivity index (χ1v) is 8.09. The number of likely N-dealkylation sites (N-methyl/N-ethyl adjacent to an activating group) is 1. The lowest BCUT2D eigenvalue weighted by Crippen LogP contribution is -2.48. The van der Waals surface area contributed by atoms with Crippen LogP contribution in [0.15, 0.2) is 18.2 Å². The first-order valence-electron chi connectivity index (χ1n) is 8.09. The maximum atomic E-state index is 12.6. The lowest BCUT2D eigenvalue weighted by molar-refractivity contribution is 0.180. The Hall–Kier alpha value is -1.79. The SMILES string of the molecule is CC[C@@H](CN(C)C)NC(=O)N1CCOc2ccc(CO)cc2C1. The summed E-state index contributed by atoms with van der Waals surface area (Å²) in [7, 11) is 4.00. The number of rotatable bonds is 5. The number of nitrogens with zero attached hydrogens (tertiary/aromatic N) is 2. The minimum Gasteiger partial charge on any atom is -0.491 e. The molecule has 1 atom stereocenters. The monoisotopic (exact) mass is 321 g/mol. The maximum absolute atomic E-state index is 12.6. The van der Waals surface area contributed by atoms with E-state index in [0.717, 1.165) is 29.8 Å². The van der Waals surface area contributed by atoms with Crippen LogP contribution in [0.2, 0.25) is 0 Å². The van der Waals surface area contributed by atoms with Crippen molar-refractivity contribution >= 4 is 6.03 Å². The van der Waals surface area contributed by atoms with Gasteiger partial charge in [-0.1, -0.05) is 13.0 Å². The fraction of sp³-hybridized carbons (Fsp3) is 0.588. The van der Waals surface area contributed by atoms with E-state index in [4.69, 9.17) is 4.74 Å². The van der Waals surface area contributed by atoms with Gasteiger partial charge in [0.1, 0.15) is 12.4 Å². The molecule has 0 radical (unpaired) electrons. The first-order chi connectivity index (χ1) is 11.0. The van der Waals surface area contributed by atoms with Crippen LogP contribution in [0, 0.1) is 0 Å². The Bertz CT molecular complexity index is 534.